The fraction of sp³-hybridized carbons (Fsp3) is 0.467. The van der Waals surface area contributed by atoms with Crippen molar-refractivity contribution >= 4 is 10.9 Å². The van der Waals surface area contributed by atoms with Gasteiger partial charge < -0.3 is 15.4 Å². The number of aliphatic hydroxyl groups is 1. The van der Waals surface area contributed by atoms with Crippen LogP contribution in [0.25, 0.3) is 10.9 Å². The van der Waals surface area contributed by atoms with Crippen LogP contribution >= 0.6 is 0 Å². The Bertz CT molecular complexity index is 659. The third-order valence-electron chi connectivity index (χ3n) is 3.94. The van der Waals surface area contributed by atoms with Crippen LogP contribution in [0.3, 0.4) is 0 Å². The first-order valence-electron chi connectivity index (χ1n) is 7.07. The second-order valence-corrected chi connectivity index (χ2v) is 5.56. The number of rotatable bonds is 4. The lowest BCUT2D eigenvalue weighted by molar-refractivity contribution is 0.0473. The summed E-state index contributed by atoms with van der Waals surface area (Å²) in [4.78, 5) is 19.1. The Morgan fingerprint density at radius 2 is 2.05 bits per heavy atom. The van der Waals surface area contributed by atoms with E-state index in [0.29, 0.717) is 29.8 Å². The topological polar surface area (TPSA) is 78.0 Å². The largest absolute Gasteiger partial charge is 0.389 e. The number of fused-ring (bicyclic) bond motifs is 1. The predicted molar refractivity (Wildman–Crippen MR) is 77.5 cm³/mol. The zero-order valence-corrected chi connectivity index (χ0v) is 11.4. The molecule has 2 aromatic rings. The minimum Gasteiger partial charge on any atom is -0.389 e. The minimum absolute atomic E-state index is 0.119. The zero-order valence-electron chi connectivity index (χ0n) is 11.4. The van der Waals surface area contributed by atoms with Crippen molar-refractivity contribution in [1.82, 2.24) is 15.3 Å². The first-order valence-corrected chi connectivity index (χ1v) is 7.07. The van der Waals surface area contributed by atoms with E-state index in [-0.39, 0.29) is 5.56 Å². The van der Waals surface area contributed by atoms with E-state index >= 15 is 0 Å². The summed E-state index contributed by atoms with van der Waals surface area (Å²) in [6.07, 6.45) is 3.87. The van der Waals surface area contributed by atoms with Crippen molar-refractivity contribution in [2.24, 2.45) is 0 Å². The van der Waals surface area contributed by atoms with Gasteiger partial charge in [0.05, 0.1) is 23.0 Å². The van der Waals surface area contributed by atoms with Crippen LogP contribution in [-0.2, 0) is 6.54 Å². The van der Waals surface area contributed by atoms with Crippen LogP contribution < -0.4 is 10.9 Å². The molecule has 1 heterocycles. The molecule has 1 aliphatic carbocycles. The summed E-state index contributed by atoms with van der Waals surface area (Å²) in [5, 5.41) is 14.0. The summed E-state index contributed by atoms with van der Waals surface area (Å²) in [6, 6.07) is 7.29. The fourth-order valence-electron chi connectivity index (χ4n) is 2.84. The fourth-order valence-corrected chi connectivity index (χ4v) is 2.84. The Hall–Kier alpha value is -1.72. The Morgan fingerprint density at radius 1 is 1.30 bits per heavy atom. The molecule has 0 spiro atoms. The molecule has 3 rings (SSSR count). The first kappa shape index (κ1) is 13.3. The molecule has 0 amide bonds. The average molecular weight is 273 g/mol. The number of hydrogen-bond acceptors (Lipinski definition) is 4. The van der Waals surface area contributed by atoms with E-state index < -0.39 is 5.60 Å². The van der Waals surface area contributed by atoms with E-state index in [2.05, 4.69) is 15.3 Å². The normalized spacial score (nSPS) is 17.6. The summed E-state index contributed by atoms with van der Waals surface area (Å²) in [5.74, 6) is 0.607. The number of aromatic nitrogens is 2. The molecule has 5 heteroatoms. The van der Waals surface area contributed by atoms with E-state index in [4.69, 9.17) is 0 Å². The molecule has 1 saturated carbocycles. The molecule has 1 fully saturated rings. The predicted octanol–water partition coefficient (Wildman–Crippen LogP) is 1.32. The molecule has 3 N–H and O–H groups in total. The van der Waals surface area contributed by atoms with Crippen molar-refractivity contribution in [2.75, 3.05) is 6.54 Å². The molecule has 0 atom stereocenters. The zero-order chi connectivity index (χ0) is 14.0. The highest BCUT2D eigenvalue weighted by atomic mass is 16.3. The molecular weight excluding hydrogens is 254 g/mol. The van der Waals surface area contributed by atoms with E-state index in [0.717, 1.165) is 25.7 Å². The van der Waals surface area contributed by atoms with Gasteiger partial charge in [0.2, 0.25) is 0 Å². The summed E-state index contributed by atoms with van der Waals surface area (Å²) in [5.41, 5.74) is -0.00320. The molecule has 0 saturated heterocycles. The Labute approximate surface area is 117 Å². The van der Waals surface area contributed by atoms with Crippen LogP contribution in [0.15, 0.2) is 29.1 Å². The average Bonchev–Trinajstić information content (AvgIpc) is 2.86. The van der Waals surface area contributed by atoms with Crippen molar-refractivity contribution < 1.29 is 5.11 Å². The molecule has 20 heavy (non-hydrogen) atoms. The number of para-hydroxylation sites is 1. The third-order valence-corrected chi connectivity index (χ3v) is 3.94. The van der Waals surface area contributed by atoms with Crippen molar-refractivity contribution in [1.29, 1.82) is 0 Å². The van der Waals surface area contributed by atoms with Gasteiger partial charge in [-0.15, -0.1) is 0 Å². The van der Waals surface area contributed by atoms with Gasteiger partial charge in [0.25, 0.3) is 5.56 Å². The number of nitrogens with one attached hydrogen (secondary N) is 2. The van der Waals surface area contributed by atoms with Gasteiger partial charge in [-0.05, 0) is 25.0 Å². The first-order chi connectivity index (χ1) is 9.66. The maximum absolute atomic E-state index is 11.9. The molecular formula is C15H19N3O2. The van der Waals surface area contributed by atoms with Gasteiger partial charge in [0.1, 0.15) is 5.82 Å². The van der Waals surface area contributed by atoms with Crippen LogP contribution in [0.2, 0.25) is 0 Å². The Balaban J connectivity index is 1.70. The Morgan fingerprint density at radius 3 is 2.85 bits per heavy atom. The standard InChI is InChI=1S/C15H19N3O2/c19-14-11-5-1-2-6-12(11)17-13(18-14)9-16-10-15(20)7-3-4-8-15/h1-2,5-6,16,20H,3-4,7-10H2,(H,17,18,19). The van der Waals surface area contributed by atoms with Gasteiger partial charge in [-0.3, -0.25) is 4.79 Å². The molecule has 0 aliphatic heterocycles. The van der Waals surface area contributed by atoms with Crippen molar-refractivity contribution in [3.05, 3.63) is 40.4 Å². The second-order valence-electron chi connectivity index (χ2n) is 5.56. The van der Waals surface area contributed by atoms with Gasteiger partial charge >= 0.3 is 0 Å². The van der Waals surface area contributed by atoms with Crippen molar-refractivity contribution in [2.45, 2.75) is 37.8 Å². The van der Waals surface area contributed by atoms with Crippen LogP contribution in [0, 0.1) is 0 Å². The summed E-state index contributed by atoms with van der Waals surface area (Å²) >= 11 is 0. The maximum Gasteiger partial charge on any atom is 0.258 e. The smallest absolute Gasteiger partial charge is 0.258 e. The summed E-state index contributed by atoms with van der Waals surface area (Å²) in [6.45, 7) is 1.01. The maximum atomic E-state index is 11.9. The van der Waals surface area contributed by atoms with Gasteiger partial charge in [0.15, 0.2) is 0 Å². The molecule has 1 aliphatic rings. The SMILES string of the molecule is O=c1[nH]c(CNCC2(O)CCCC2)nc2ccccc12. The van der Waals surface area contributed by atoms with Gasteiger partial charge in [-0.1, -0.05) is 25.0 Å². The molecule has 1 aromatic carbocycles. The van der Waals surface area contributed by atoms with E-state index in [1.54, 1.807) is 6.07 Å². The van der Waals surface area contributed by atoms with Crippen LogP contribution in [0.4, 0.5) is 0 Å². The lowest BCUT2D eigenvalue weighted by Gasteiger charge is -2.22. The number of benzene rings is 1. The second kappa shape index (κ2) is 5.34. The monoisotopic (exact) mass is 273 g/mol. The van der Waals surface area contributed by atoms with E-state index in [1.165, 1.54) is 0 Å². The molecule has 1 aromatic heterocycles. The number of aromatic amines is 1. The van der Waals surface area contributed by atoms with E-state index in [9.17, 15) is 9.90 Å². The lowest BCUT2D eigenvalue weighted by Crippen LogP contribution is -2.38. The molecule has 0 radical (unpaired) electrons. The van der Waals surface area contributed by atoms with Crippen LogP contribution in [0.1, 0.15) is 31.5 Å². The lowest BCUT2D eigenvalue weighted by atomic mass is 10.0. The van der Waals surface area contributed by atoms with E-state index in [1.807, 2.05) is 18.2 Å². The minimum atomic E-state index is -0.586. The van der Waals surface area contributed by atoms with Crippen molar-refractivity contribution in [3.63, 3.8) is 0 Å². The number of nitrogens with zero attached hydrogens (tertiary/aromatic N) is 1. The highest BCUT2D eigenvalue weighted by molar-refractivity contribution is 5.77. The Kier molecular flexibility index (Phi) is 3.54. The highest BCUT2D eigenvalue weighted by Gasteiger charge is 2.30. The van der Waals surface area contributed by atoms with Crippen LogP contribution in [0.5, 0.6) is 0 Å². The van der Waals surface area contributed by atoms with Gasteiger partial charge in [-0.2, -0.15) is 0 Å². The molecule has 106 valence electrons. The number of hydrogen-bond donors (Lipinski definition) is 3. The third kappa shape index (κ3) is 2.73. The molecule has 5 nitrogen and oxygen atoms in total. The molecule has 0 bridgehead atoms. The highest BCUT2D eigenvalue weighted by Crippen LogP contribution is 2.28. The number of H-pyrrole nitrogens is 1. The molecule has 0 unspecified atom stereocenters. The summed E-state index contributed by atoms with van der Waals surface area (Å²) in [7, 11) is 0. The van der Waals surface area contributed by atoms with Gasteiger partial charge in [-0.25, -0.2) is 4.98 Å². The summed E-state index contributed by atoms with van der Waals surface area (Å²) < 4.78 is 0. The van der Waals surface area contributed by atoms with Crippen molar-refractivity contribution in [3.8, 4) is 0 Å². The quantitative estimate of drug-likeness (QED) is 0.785. The van der Waals surface area contributed by atoms with Gasteiger partial charge in [0, 0.05) is 6.54 Å². The van der Waals surface area contributed by atoms with Crippen LogP contribution in [-0.4, -0.2) is 27.2 Å².